The average Bonchev–Trinajstić information content (AvgIpc) is 3.20. The van der Waals surface area contributed by atoms with Crippen molar-refractivity contribution in [1.29, 1.82) is 0 Å². The van der Waals surface area contributed by atoms with Crippen molar-refractivity contribution in [2.45, 2.75) is 87.9 Å². The highest BCUT2D eigenvalue weighted by molar-refractivity contribution is 5.66. The number of nitrogens with zero attached hydrogens (tertiary/aromatic N) is 2. The van der Waals surface area contributed by atoms with E-state index in [2.05, 4.69) is 50.1 Å². The second-order valence-electron chi connectivity index (χ2n) is 11.6. The minimum Gasteiger partial charge on any atom is -0.392 e. The normalized spacial score (nSPS) is 47.2. The molecule has 4 unspecified atom stereocenters. The Morgan fingerprint density at radius 1 is 1.21 bits per heavy atom. The van der Waals surface area contributed by atoms with Crippen LogP contribution in [0.15, 0.2) is 24.3 Å². The lowest BCUT2D eigenvalue weighted by atomic mass is 9.60. The van der Waals surface area contributed by atoms with Crippen LogP contribution in [0.3, 0.4) is 0 Å². The third-order valence-electron chi connectivity index (χ3n) is 10.6. The van der Waals surface area contributed by atoms with Gasteiger partial charge in [0.1, 0.15) is 18.7 Å². The average molecular weight is 458 g/mol. The van der Waals surface area contributed by atoms with Crippen molar-refractivity contribution in [3.63, 3.8) is 0 Å². The van der Waals surface area contributed by atoms with E-state index in [1.54, 1.807) is 0 Å². The second kappa shape index (κ2) is 7.66. The fourth-order valence-corrected chi connectivity index (χ4v) is 9.64. The Morgan fingerprint density at radius 3 is 2.76 bits per heavy atom. The molecule has 0 amide bonds. The van der Waals surface area contributed by atoms with Crippen molar-refractivity contribution in [1.82, 2.24) is 0 Å². The highest BCUT2D eigenvalue weighted by Gasteiger charge is 2.83. The predicted octanol–water partition coefficient (Wildman–Crippen LogP) is 2.25. The molecule has 0 aromatic heterocycles. The van der Waals surface area contributed by atoms with Crippen LogP contribution < -0.4 is 4.90 Å². The van der Waals surface area contributed by atoms with Gasteiger partial charge < -0.3 is 25.0 Å². The van der Waals surface area contributed by atoms with Gasteiger partial charge in [-0.15, -0.1) is 0 Å². The molecule has 0 radical (unpaired) electrons. The number of unbranched alkanes of at least 4 members (excludes halogenated alkanes) is 1. The van der Waals surface area contributed by atoms with E-state index in [1.165, 1.54) is 11.3 Å². The molecule has 1 saturated carbocycles. The summed E-state index contributed by atoms with van der Waals surface area (Å²) in [5.74, 6) is 0.728. The van der Waals surface area contributed by atoms with Gasteiger partial charge in [0.2, 0.25) is 0 Å². The lowest BCUT2D eigenvalue weighted by molar-refractivity contribution is -1.04. The van der Waals surface area contributed by atoms with Gasteiger partial charge in [-0.25, -0.2) is 0 Å². The molecule has 182 valence electrons. The summed E-state index contributed by atoms with van der Waals surface area (Å²) in [7, 11) is 2.18. The summed E-state index contributed by atoms with van der Waals surface area (Å²) in [6, 6.07) is 9.18. The Kier molecular flexibility index (Phi) is 5.17. The number of para-hydroxylation sites is 1. The number of hydrogen-bond donors (Lipinski definition) is 3. The molecule has 5 heterocycles. The van der Waals surface area contributed by atoms with Gasteiger partial charge in [0.15, 0.2) is 6.23 Å². The summed E-state index contributed by atoms with van der Waals surface area (Å²) < 4.78 is 6.36. The molecule has 6 aliphatic rings. The molecule has 1 aromatic carbocycles. The van der Waals surface area contributed by atoms with Gasteiger partial charge in [-0.05, 0) is 30.4 Å². The van der Waals surface area contributed by atoms with Gasteiger partial charge in [0, 0.05) is 44.0 Å². The smallest absolute Gasteiger partial charge is 0.194 e. The summed E-state index contributed by atoms with van der Waals surface area (Å²) in [5, 5.41) is 35.2. The number of aliphatic hydroxyl groups is 3. The molecule has 3 N–H and O–H groups in total. The quantitative estimate of drug-likeness (QED) is 0.413. The Bertz CT molecular complexity index is 912. The first-order valence-corrected chi connectivity index (χ1v) is 13.2. The third-order valence-corrected chi connectivity index (χ3v) is 10.6. The van der Waals surface area contributed by atoms with Gasteiger partial charge in [0.05, 0.1) is 30.2 Å². The molecule has 11 atom stereocenters. The first-order valence-electron chi connectivity index (χ1n) is 13.2. The number of rotatable bonds is 8. The van der Waals surface area contributed by atoms with Crippen LogP contribution in [-0.2, 0) is 10.2 Å². The summed E-state index contributed by atoms with van der Waals surface area (Å²) in [6.07, 6.45) is 3.44. The van der Waals surface area contributed by atoms with Gasteiger partial charge >= 0.3 is 0 Å². The molecular weight excluding hydrogens is 416 g/mol. The zero-order chi connectivity index (χ0) is 23.1. The van der Waals surface area contributed by atoms with E-state index >= 15 is 0 Å². The van der Waals surface area contributed by atoms with Crippen LogP contribution in [0.4, 0.5) is 5.69 Å². The van der Waals surface area contributed by atoms with Crippen LogP contribution in [0.25, 0.3) is 0 Å². The lowest BCUT2D eigenvalue weighted by Gasteiger charge is -2.68. The largest absolute Gasteiger partial charge is 0.392 e. The zero-order valence-electron chi connectivity index (χ0n) is 20.3. The Hall–Kier alpha value is -1.18. The van der Waals surface area contributed by atoms with Crippen molar-refractivity contribution in [2.75, 3.05) is 31.7 Å². The third kappa shape index (κ3) is 2.57. The molecule has 33 heavy (non-hydrogen) atoms. The van der Waals surface area contributed by atoms with Crippen LogP contribution >= 0.6 is 0 Å². The fraction of sp³-hybridized carbons (Fsp3) is 0.778. The van der Waals surface area contributed by atoms with Crippen LogP contribution in [0.1, 0.15) is 51.5 Å². The monoisotopic (exact) mass is 457 g/mol. The van der Waals surface area contributed by atoms with E-state index in [0.29, 0.717) is 30.2 Å². The second-order valence-corrected chi connectivity index (χ2v) is 11.6. The highest BCUT2D eigenvalue weighted by atomic mass is 16.5. The van der Waals surface area contributed by atoms with E-state index in [-0.39, 0.29) is 35.4 Å². The Balaban J connectivity index is 1.43. The number of anilines is 1. The number of ether oxygens (including phenoxy) is 1. The number of piperidine rings is 4. The van der Waals surface area contributed by atoms with Gasteiger partial charge in [-0.1, -0.05) is 38.5 Å². The number of benzene rings is 1. The number of fused-ring (bicyclic) bond motifs is 2. The summed E-state index contributed by atoms with van der Waals surface area (Å²) in [5.41, 5.74) is 2.27. The van der Waals surface area contributed by atoms with Gasteiger partial charge in [-0.3, -0.25) is 4.48 Å². The molecule has 6 heteroatoms. The first kappa shape index (κ1) is 22.3. The SMILES string of the molecule is CCCCOCC(O)C[N+]12[C@H](O)[C@@H](CC)C3C[C@H]1[C@@H]1N(C)c4ccccc4[C@]14C[C@H]2C3[C@H]4O. The van der Waals surface area contributed by atoms with E-state index in [1.807, 2.05) is 0 Å². The first-order chi connectivity index (χ1) is 15.9. The fourth-order valence-electron chi connectivity index (χ4n) is 9.64. The molecular formula is C27H41N2O4+. The van der Waals surface area contributed by atoms with Crippen molar-refractivity contribution in [2.24, 2.45) is 17.8 Å². The van der Waals surface area contributed by atoms with E-state index in [4.69, 9.17) is 4.74 Å². The van der Waals surface area contributed by atoms with E-state index < -0.39 is 18.4 Å². The van der Waals surface area contributed by atoms with Crippen molar-refractivity contribution >= 4 is 5.69 Å². The molecule has 5 aliphatic heterocycles. The number of quaternary nitrogens is 1. The summed E-state index contributed by atoms with van der Waals surface area (Å²) >= 11 is 0. The minimum atomic E-state index is -0.605. The Morgan fingerprint density at radius 2 is 2.00 bits per heavy atom. The van der Waals surface area contributed by atoms with Crippen LogP contribution in [0.5, 0.6) is 0 Å². The number of likely N-dealkylation sites (N-methyl/N-ethyl adjacent to an activating group) is 1. The van der Waals surface area contributed by atoms with Crippen molar-refractivity contribution in [3.05, 3.63) is 29.8 Å². The highest BCUT2D eigenvalue weighted by Crippen LogP contribution is 2.71. The van der Waals surface area contributed by atoms with Crippen LogP contribution in [0.2, 0.25) is 0 Å². The van der Waals surface area contributed by atoms with Gasteiger partial charge in [0.25, 0.3) is 0 Å². The molecule has 5 bridgehead atoms. The number of aliphatic hydroxyl groups excluding tert-OH is 3. The zero-order valence-corrected chi connectivity index (χ0v) is 20.3. The minimum absolute atomic E-state index is 0.150. The van der Waals surface area contributed by atoms with Gasteiger partial charge in [-0.2, -0.15) is 0 Å². The maximum absolute atomic E-state index is 12.1. The summed E-state index contributed by atoms with van der Waals surface area (Å²) in [6.45, 7) is 5.84. The molecule has 1 aliphatic carbocycles. The molecule has 4 saturated heterocycles. The topological polar surface area (TPSA) is 73.2 Å². The standard InChI is InChI=1S/C27H41N2O4/c1-4-6-11-33-15-16(30)14-29-21-12-18(17(5-2)26(29)32)23-22(29)13-27(25(23)31)19-9-7-8-10-20(19)28(3)24(21)27/h7-10,16-18,21-26,30-32H,4-6,11-15H2,1-3H3/q+1/t16?,17-,18?,21-,22-,23?,24-,25+,26+,27+,29?/m0/s1. The molecule has 7 rings (SSSR count). The lowest BCUT2D eigenvalue weighted by Crippen LogP contribution is -2.83. The van der Waals surface area contributed by atoms with Crippen molar-refractivity contribution < 1.29 is 24.5 Å². The molecule has 5 fully saturated rings. The van der Waals surface area contributed by atoms with Crippen molar-refractivity contribution in [3.8, 4) is 0 Å². The van der Waals surface area contributed by atoms with Crippen LogP contribution in [-0.4, -0.2) is 83.2 Å². The van der Waals surface area contributed by atoms with E-state index in [9.17, 15) is 15.3 Å². The maximum Gasteiger partial charge on any atom is 0.194 e. The maximum atomic E-state index is 12.1. The predicted molar refractivity (Wildman–Crippen MR) is 127 cm³/mol. The van der Waals surface area contributed by atoms with Crippen LogP contribution in [0, 0.1) is 17.8 Å². The molecule has 6 nitrogen and oxygen atoms in total. The van der Waals surface area contributed by atoms with E-state index in [0.717, 1.165) is 32.1 Å². The summed E-state index contributed by atoms with van der Waals surface area (Å²) in [4.78, 5) is 2.40. The molecule has 1 spiro atoms. The molecule has 1 aromatic rings. The Labute approximate surface area is 197 Å². The number of hydrogen-bond acceptors (Lipinski definition) is 5.